The van der Waals surface area contributed by atoms with Crippen molar-refractivity contribution in [2.24, 2.45) is 0 Å². The molecule has 0 unspecified atom stereocenters. The van der Waals surface area contributed by atoms with Gasteiger partial charge in [-0.3, -0.25) is 12.2 Å². The molecule has 0 aromatic heterocycles. The zero-order valence-corrected chi connectivity index (χ0v) is 12.9. The monoisotopic (exact) mass is 346 g/mol. The molecule has 0 atom stereocenters. The van der Waals surface area contributed by atoms with E-state index in [9.17, 15) is 0 Å². The average molecular weight is 349 g/mol. The van der Waals surface area contributed by atoms with Crippen molar-refractivity contribution in [2.45, 2.75) is 12.8 Å². The molecule has 0 aromatic carbocycles. The number of hydrogen-bond acceptors (Lipinski definition) is 0. The van der Waals surface area contributed by atoms with Crippen LogP contribution in [0.3, 0.4) is 0 Å². The van der Waals surface area contributed by atoms with Crippen molar-refractivity contribution in [1.82, 2.24) is 0 Å². The van der Waals surface area contributed by atoms with Crippen LogP contribution >= 0.6 is 0 Å². The first-order valence-corrected chi connectivity index (χ1v) is 3.43. The largest absolute Gasteiger partial charge is 2.00 e. The van der Waals surface area contributed by atoms with Gasteiger partial charge in [0.2, 0.25) is 0 Å². The fourth-order valence-electron chi connectivity index (χ4n) is 0.680. The van der Waals surface area contributed by atoms with E-state index in [1.807, 2.05) is 24.3 Å². The molecule has 0 aromatic rings. The molecule has 3 heteroatoms. The van der Waals surface area contributed by atoms with E-state index in [1.54, 1.807) is 0 Å². The van der Waals surface area contributed by atoms with Gasteiger partial charge in [-0.15, -0.1) is 12.8 Å². The van der Waals surface area contributed by atoms with Crippen LogP contribution in [-0.2, 0) is 52.4 Å². The van der Waals surface area contributed by atoms with Crippen LogP contribution in [0.4, 0.5) is 0 Å². The van der Waals surface area contributed by atoms with Gasteiger partial charge < -0.3 is 13.8 Å². The number of allylic oxidation sites excluding steroid dienone is 8. The van der Waals surface area contributed by atoms with Gasteiger partial charge >= 0.3 is 52.4 Å². The Hall–Kier alpha value is 1.02. The molecule has 0 nitrogen and oxygen atoms in total. The zero-order chi connectivity index (χ0) is 7.07. The Kier molecular flexibility index (Phi) is 23.3. The van der Waals surface area contributed by atoms with E-state index < -0.39 is 0 Å². The van der Waals surface area contributed by atoms with Gasteiger partial charge in [0.15, 0.2) is 0 Å². The van der Waals surface area contributed by atoms with E-state index in [2.05, 4.69) is 24.3 Å². The van der Waals surface area contributed by atoms with E-state index in [1.165, 1.54) is 0 Å². The predicted molar refractivity (Wildman–Crippen MR) is 44.3 cm³/mol. The average Bonchev–Trinajstić information content (AvgIpc) is 2.67. The maximum absolute atomic E-state index is 2.99. The number of hydrogen-bond donors (Lipinski definition) is 0. The molecule has 13 heavy (non-hydrogen) atoms. The molecule has 0 saturated heterocycles. The normalized spacial score (nSPS) is 13.5. The van der Waals surface area contributed by atoms with Crippen LogP contribution in [0.15, 0.2) is 36.5 Å². The van der Waals surface area contributed by atoms with Crippen LogP contribution < -0.4 is 12.4 Å². The van der Waals surface area contributed by atoms with Crippen molar-refractivity contribution in [1.29, 1.82) is 0 Å². The Morgan fingerprint density at radius 2 is 1.23 bits per heavy atom. The van der Waals surface area contributed by atoms with Crippen molar-refractivity contribution >= 4 is 0 Å². The van der Waals surface area contributed by atoms with E-state index in [4.69, 9.17) is 0 Å². The quantitative estimate of drug-likeness (QED) is 0.528. The molecule has 0 saturated carbocycles. The summed E-state index contributed by atoms with van der Waals surface area (Å²) >= 11 is 0. The molecular formula is C10H11ClZr2. The van der Waals surface area contributed by atoms with Crippen LogP contribution in [0.1, 0.15) is 14.3 Å². The maximum atomic E-state index is 2.99. The third kappa shape index (κ3) is 13.0. The molecule has 0 fully saturated rings. The van der Waals surface area contributed by atoms with Crippen molar-refractivity contribution < 1.29 is 66.2 Å². The summed E-state index contributed by atoms with van der Waals surface area (Å²) in [5.74, 6) is 0. The molecule has 0 spiro atoms. The minimum absolute atomic E-state index is 0. The number of rotatable bonds is 0. The second kappa shape index (κ2) is 15.5. The predicted octanol–water partition coefficient (Wildman–Crippen LogP) is -0.277. The summed E-state index contributed by atoms with van der Waals surface area (Å²) in [7, 11) is 0. The molecule has 0 aliphatic heterocycles. The molecule has 2 rings (SSSR count). The van der Waals surface area contributed by atoms with Crippen molar-refractivity contribution in [2.75, 3.05) is 0 Å². The second-order valence-electron chi connectivity index (χ2n) is 2.01. The van der Waals surface area contributed by atoms with Gasteiger partial charge in [0.25, 0.3) is 0 Å². The maximum Gasteiger partial charge on any atom is 2.00 e. The van der Waals surface area contributed by atoms with Crippen LogP contribution in [0.2, 0.25) is 0 Å². The molecule has 0 amide bonds. The molecule has 66 valence electrons. The van der Waals surface area contributed by atoms with Gasteiger partial charge in [0.05, 0.1) is 0 Å². The summed E-state index contributed by atoms with van der Waals surface area (Å²) in [6.45, 7) is 0. The van der Waals surface area contributed by atoms with E-state index >= 15 is 0 Å². The van der Waals surface area contributed by atoms with Crippen molar-refractivity contribution in [3.63, 3.8) is 0 Å². The summed E-state index contributed by atoms with van der Waals surface area (Å²) in [6.07, 6.45) is 20.0. The van der Waals surface area contributed by atoms with E-state index in [-0.39, 0.29) is 66.2 Å². The summed E-state index contributed by atoms with van der Waals surface area (Å²) < 4.78 is 0. The smallest absolute Gasteiger partial charge is 1.00 e. The van der Waals surface area contributed by atoms with Crippen molar-refractivity contribution in [3.05, 3.63) is 48.6 Å². The van der Waals surface area contributed by atoms with Crippen LogP contribution in [-0.4, -0.2) is 0 Å². The molecule has 0 heterocycles. The first kappa shape index (κ1) is 19.6. The van der Waals surface area contributed by atoms with E-state index in [0.717, 1.165) is 12.8 Å². The summed E-state index contributed by atoms with van der Waals surface area (Å²) in [5.41, 5.74) is 0. The van der Waals surface area contributed by atoms with Gasteiger partial charge in [-0.25, -0.2) is 24.3 Å². The molecule has 0 N–H and O–H groups in total. The molecule has 0 bridgehead atoms. The SMILES string of the molecule is [C-]1=CC=CC1.[C-]1=CC=CC1.[Cl-].[H-].[Zr+2].[Zr+2]. The van der Waals surface area contributed by atoms with Gasteiger partial charge in [0, 0.05) is 0 Å². The minimum Gasteiger partial charge on any atom is -1.00 e. The Morgan fingerprint density at radius 1 is 0.846 bits per heavy atom. The van der Waals surface area contributed by atoms with Crippen LogP contribution in [0.25, 0.3) is 0 Å². The summed E-state index contributed by atoms with van der Waals surface area (Å²) in [6, 6.07) is 0. The third-order valence-electron chi connectivity index (χ3n) is 1.17. The number of halogens is 1. The van der Waals surface area contributed by atoms with Gasteiger partial charge in [0.1, 0.15) is 0 Å². The summed E-state index contributed by atoms with van der Waals surface area (Å²) in [5, 5.41) is 0. The van der Waals surface area contributed by atoms with Gasteiger partial charge in [-0.05, 0) is 0 Å². The molecule has 2 aliphatic rings. The standard InChI is InChI=1S/2C5H5.ClH.2Zr.H/c2*1-2-4-5-3-1;;;;/h2*1-3H,4H2;1H;;;/q2*-1;;2*+2;-1/p-1. The third-order valence-corrected chi connectivity index (χ3v) is 1.17. The summed E-state index contributed by atoms with van der Waals surface area (Å²) in [4.78, 5) is 0. The topological polar surface area (TPSA) is 0 Å². The van der Waals surface area contributed by atoms with Crippen LogP contribution in [0, 0.1) is 12.2 Å². The molecular weight excluding hydrogens is 338 g/mol. The molecule has 0 radical (unpaired) electrons. The van der Waals surface area contributed by atoms with E-state index in [0.29, 0.717) is 0 Å². The Balaban J connectivity index is -0.0000000556. The fourth-order valence-corrected chi connectivity index (χ4v) is 0.680. The zero-order valence-electron chi connectivity index (χ0n) is 8.26. The van der Waals surface area contributed by atoms with Gasteiger partial charge in [-0.1, -0.05) is 0 Å². The fraction of sp³-hybridized carbons (Fsp3) is 0.200. The first-order chi connectivity index (χ1) is 5.00. The van der Waals surface area contributed by atoms with Crippen LogP contribution in [0.5, 0.6) is 0 Å². The van der Waals surface area contributed by atoms with Gasteiger partial charge in [-0.2, -0.15) is 12.2 Å². The molecule has 2 aliphatic carbocycles. The Bertz CT molecular complexity index is 156. The second-order valence-corrected chi connectivity index (χ2v) is 2.01. The Morgan fingerprint density at radius 3 is 1.31 bits per heavy atom. The van der Waals surface area contributed by atoms with Crippen molar-refractivity contribution in [3.8, 4) is 0 Å². The Labute approximate surface area is 126 Å². The first-order valence-electron chi connectivity index (χ1n) is 3.43. The minimum atomic E-state index is 0.